The molecule has 0 radical (unpaired) electrons. The maximum atomic E-state index is 11.8. The number of ketones is 1. The minimum absolute atomic E-state index is 0.0163. The van der Waals surface area contributed by atoms with E-state index >= 15 is 0 Å². The zero-order valence-corrected chi connectivity index (χ0v) is 9.32. The average molecular weight is 223 g/mol. The van der Waals surface area contributed by atoms with E-state index in [2.05, 4.69) is 6.58 Å². The lowest BCUT2D eigenvalue weighted by atomic mass is 9.92. The van der Waals surface area contributed by atoms with Crippen molar-refractivity contribution in [1.82, 2.24) is 4.90 Å². The topological polar surface area (TPSA) is 57.6 Å². The molecule has 1 N–H and O–H groups in total. The van der Waals surface area contributed by atoms with E-state index in [1.807, 2.05) is 0 Å². The van der Waals surface area contributed by atoms with Crippen molar-refractivity contribution in [2.24, 2.45) is 5.92 Å². The fourth-order valence-corrected chi connectivity index (χ4v) is 3.16. The van der Waals surface area contributed by atoms with Gasteiger partial charge >= 0.3 is 6.09 Å². The summed E-state index contributed by atoms with van der Waals surface area (Å²) in [6, 6.07) is 0. The molecule has 2 rings (SSSR count). The second-order valence-corrected chi connectivity index (χ2v) is 4.83. The van der Waals surface area contributed by atoms with Gasteiger partial charge in [0.1, 0.15) is 5.78 Å². The molecule has 1 heterocycles. The van der Waals surface area contributed by atoms with Crippen molar-refractivity contribution in [3.05, 3.63) is 12.7 Å². The minimum atomic E-state index is -0.885. The fraction of sp³-hybridized carbons (Fsp3) is 0.667. The van der Waals surface area contributed by atoms with Crippen LogP contribution in [0.2, 0.25) is 0 Å². The van der Waals surface area contributed by atoms with Gasteiger partial charge in [0, 0.05) is 18.9 Å². The molecule has 1 aliphatic carbocycles. The van der Waals surface area contributed by atoms with Gasteiger partial charge in [-0.3, -0.25) is 4.79 Å². The molecule has 0 aromatic carbocycles. The van der Waals surface area contributed by atoms with Gasteiger partial charge in [0.25, 0.3) is 0 Å². The lowest BCUT2D eigenvalue weighted by molar-refractivity contribution is -0.120. The van der Waals surface area contributed by atoms with E-state index < -0.39 is 11.6 Å². The van der Waals surface area contributed by atoms with E-state index in [4.69, 9.17) is 5.11 Å². The number of hydrogen-bond acceptors (Lipinski definition) is 2. The second-order valence-electron chi connectivity index (χ2n) is 4.83. The first-order chi connectivity index (χ1) is 7.59. The molecule has 1 aliphatic heterocycles. The molecule has 2 aliphatic rings. The molecule has 1 saturated heterocycles. The maximum Gasteiger partial charge on any atom is 0.407 e. The predicted molar refractivity (Wildman–Crippen MR) is 59.2 cm³/mol. The number of carbonyl (C=O) groups is 2. The van der Waals surface area contributed by atoms with Crippen molar-refractivity contribution in [3.63, 3.8) is 0 Å². The number of carbonyl (C=O) groups excluding carboxylic acids is 1. The van der Waals surface area contributed by atoms with E-state index in [1.165, 1.54) is 4.90 Å². The predicted octanol–water partition coefficient (Wildman–Crippen LogP) is 2.05. The summed E-state index contributed by atoms with van der Waals surface area (Å²) >= 11 is 0. The first kappa shape index (κ1) is 11.2. The summed E-state index contributed by atoms with van der Waals surface area (Å²) in [4.78, 5) is 24.4. The van der Waals surface area contributed by atoms with Gasteiger partial charge in [0.15, 0.2) is 0 Å². The number of hydrogen-bond donors (Lipinski definition) is 1. The molecule has 1 spiro atoms. The molecule has 1 amide bonds. The molecule has 0 aromatic heterocycles. The third-order valence-corrected chi connectivity index (χ3v) is 3.86. The van der Waals surface area contributed by atoms with E-state index in [1.54, 1.807) is 6.08 Å². The molecular weight excluding hydrogens is 206 g/mol. The second kappa shape index (κ2) is 3.92. The number of allylic oxidation sites excluding steroid dienone is 1. The van der Waals surface area contributed by atoms with Gasteiger partial charge in [0.05, 0.1) is 5.54 Å². The van der Waals surface area contributed by atoms with Crippen LogP contribution in [0.4, 0.5) is 4.79 Å². The van der Waals surface area contributed by atoms with Crippen molar-refractivity contribution >= 4 is 11.9 Å². The Balaban J connectivity index is 2.18. The number of rotatable bonds is 2. The highest BCUT2D eigenvalue weighted by atomic mass is 16.4. The van der Waals surface area contributed by atoms with Crippen LogP contribution in [0.3, 0.4) is 0 Å². The van der Waals surface area contributed by atoms with Crippen molar-refractivity contribution in [1.29, 1.82) is 0 Å². The summed E-state index contributed by atoms with van der Waals surface area (Å²) in [6.45, 7) is 4.22. The van der Waals surface area contributed by atoms with Crippen LogP contribution in [-0.2, 0) is 4.79 Å². The zero-order valence-electron chi connectivity index (χ0n) is 9.32. The van der Waals surface area contributed by atoms with Crippen LogP contribution in [0.15, 0.2) is 12.7 Å². The number of likely N-dealkylation sites (tertiary alicyclic amines) is 1. The van der Waals surface area contributed by atoms with Crippen LogP contribution in [-0.4, -0.2) is 34.0 Å². The smallest absolute Gasteiger partial charge is 0.407 e. The highest BCUT2D eigenvalue weighted by molar-refractivity contribution is 5.86. The Labute approximate surface area is 94.9 Å². The molecule has 88 valence electrons. The lowest BCUT2D eigenvalue weighted by Gasteiger charge is -2.32. The van der Waals surface area contributed by atoms with Crippen LogP contribution >= 0.6 is 0 Å². The summed E-state index contributed by atoms with van der Waals surface area (Å²) in [5.41, 5.74) is -0.392. The Kier molecular flexibility index (Phi) is 2.74. The van der Waals surface area contributed by atoms with Crippen LogP contribution in [0.5, 0.6) is 0 Å². The van der Waals surface area contributed by atoms with Crippen molar-refractivity contribution in [3.8, 4) is 0 Å². The van der Waals surface area contributed by atoms with Gasteiger partial charge in [-0.05, 0) is 25.7 Å². The Bertz CT molecular complexity index is 339. The highest BCUT2D eigenvalue weighted by Gasteiger charge is 2.51. The number of amides is 1. The molecule has 1 saturated carbocycles. The summed E-state index contributed by atoms with van der Waals surface area (Å²) < 4.78 is 0. The van der Waals surface area contributed by atoms with E-state index in [-0.39, 0.29) is 11.7 Å². The van der Waals surface area contributed by atoms with Gasteiger partial charge in [-0.25, -0.2) is 4.79 Å². The molecule has 16 heavy (non-hydrogen) atoms. The van der Waals surface area contributed by atoms with Gasteiger partial charge in [-0.15, -0.1) is 6.58 Å². The number of nitrogens with zero attached hydrogens (tertiary/aromatic N) is 1. The first-order valence-corrected chi connectivity index (χ1v) is 5.73. The van der Waals surface area contributed by atoms with Gasteiger partial charge < -0.3 is 10.0 Å². The molecule has 2 fully saturated rings. The molecule has 2 atom stereocenters. The minimum Gasteiger partial charge on any atom is -0.465 e. The molecule has 2 unspecified atom stereocenters. The molecule has 4 nitrogen and oxygen atoms in total. The molecular formula is C12H17NO3. The summed E-state index contributed by atoms with van der Waals surface area (Å²) in [7, 11) is 0. The zero-order chi connectivity index (χ0) is 11.8. The standard InChI is InChI=1S/C12H17NO3/c1-2-4-9-7-12(8-10(9)14)5-3-6-13(12)11(15)16/h2,9H,1,3-8H2,(H,15,16). The van der Waals surface area contributed by atoms with Crippen LogP contribution in [0.25, 0.3) is 0 Å². The van der Waals surface area contributed by atoms with Crippen LogP contribution in [0, 0.1) is 5.92 Å². The van der Waals surface area contributed by atoms with Gasteiger partial charge in [-0.1, -0.05) is 6.08 Å². The van der Waals surface area contributed by atoms with E-state index in [0.29, 0.717) is 25.8 Å². The monoisotopic (exact) mass is 223 g/mol. The van der Waals surface area contributed by atoms with Gasteiger partial charge in [-0.2, -0.15) is 0 Å². The van der Waals surface area contributed by atoms with Crippen molar-refractivity contribution < 1.29 is 14.7 Å². The van der Waals surface area contributed by atoms with Crippen molar-refractivity contribution in [2.75, 3.05) is 6.54 Å². The van der Waals surface area contributed by atoms with E-state index in [0.717, 1.165) is 12.8 Å². The summed E-state index contributed by atoms with van der Waals surface area (Å²) in [5.74, 6) is 0.186. The van der Waals surface area contributed by atoms with Gasteiger partial charge in [0.2, 0.25) is 0 Å². The quantitative estimate of drug-likeness (QED) is 0.729. The third-order valence-electron chi connectivity index (χ3n) is 3.86. The Morgan fingerprint density at radius 3 is 3.06 bits per heavy atom. The Morgan fingerprint density at radius 2 is 2.44 bits per heavy atom. The summed E-state index contributed by atoms with van der Waals surface area (Å²) in [5, 5.41) is 9.14. The normalized spacial score (nSPS) is 33.6. The maximum absolute atomic E-state index is 11.8. The SMILES string of the molecule is C=CCC1CC2(CCCN2C(=O)O)CC1=O. The largest absolute Gasteiger partial charge is 0.465 e. The lowest BCUT2D eigenvalue weighted by Crippen LogP contribution is -2.45. The Morgan fingerprint density at radius 1 is 1.69 bits per heavy atom. The average Bonchev–Trinajstić information content (AvgIpc) is 2.73. The number of Topliss-reactive ketones (excluding diaryl/α,β-unsaturated/α-hetero) is 1. The number of carboxylic acid groups (broad SMARTS) is 1. The first-order valence-electron chi connectivity index (χ1n) is 5.73. The third kappa shape index (κ3) is 1.62. The van der Waals surface area contributed by atoms with Crippen LogP contribution < -0.4 is 0 Å². The Hall–Kier alpha value is -1.32. The van der Waals surface area contributed by atoms with Crippen molar-refractivity contribution in [2.45, 2.75) is 37.6 Å². The molecule has 4 heteroatoms. The highest BCUT2D eigenvalue weighted by Crippen LogP contribution is 2.45. The fourth-order valence-electron chi connectivity index (χ4n) is 3.16. The van der Waals surface area contributed by atoms with Crippen LogP contribution in [0.1, 0.15) is 32.1 Å². The van der Waals surface area contributed by atoms with E-state index in [9.17, 15) is 9.59 Å². The molecule has 0 aromatic rings. The summed E-state index contributed by atoms with van der Waals surface area (Å²) in [6.07, 6.45) is 4.33. The molecule has 0 bridgehead atoms.